The largest absolute Gasteiger partial charge is 0.308 e. The van der Waals surface area contributed by atoms with Gasteiger partial charge in [-0.15, -0.1) is 0 Å². The molecule has 0 saturated carbocycles. The van der Waals surface area contributed by atoms with Crippen LogP contribution in [0.5, 0.6) is 0 Å². The van der Waals surface area contributed by atoms with Crippen LogP contribution >= 0.6 is 0 Å². The average Bonchev–Trinajstić information content (AvgIpc) is 3.85. The summed E-state index contributed by atoms with van der Waals surface area (Å²) in [5.41, 5.74) is 19.8. The average molecular weight is 862 g/mol. The summed E-state index contributed by atoms with van der Waals surface area (Å²) < 4.78 is 4.87. The summed E-state index contributed by atoms with van der Waals surface area (Å²) in [6.45, 7) is 10.9. The van der Waals surface area contributed by atoms with E-state index in [1.807, 2.05) is 6.07 Å². The molecule has 0 bridgehead atoms. The number of rotatable bonds is 7. The summed E-state index contributed by atoms with van der Waals surface area (Å²) in [6, 6.07) is 69.9. The van der Waals surface area contributed by atoms with Crippen molar-refractivity contribution in [3.8, 4) is 67.8 Å². The Kier molecular flexibility index (Phi) is 9.54. The van der Waals surface area contributed by atoms with Gasteiger partial charge in [0.2, 0.25) is 0 Å². The van der Waals surface area contributed by atoms with Gasteiger partial charge in [0.05, 0.1) is 33.4 Å². The molecule has 0 amide bonds. The molecule has 12 rings (SSSR count). The monoisotopic (exact) mass is 861 g/mol. The lowest BCUT2D eigenvalue weighted by Gasteiger charge is -2.21. The summed E-state index contributed by atoms with van der Waals surface area (Å²) in [7, 11) is 0. The van der Waals surface area contributed by atoms with Crippen LogP contribution in [-0.4, -0.2) is 24.1 Å². The van der Waals surface area contributed by atoms with Crippen molar-refractivity contribution >= 4 is 43.6 Å². The summed E-state index contributed by atoms with van der Waals surface area (Å²) in [5, 5.41) is 4.83. The molecule has 0 spiro atoms. The van der Waals surface area contributed by atoms with Crippen molar-refractivity contribution in [1.82, 2.24) is 24.1 Å². The Bertz CT molecular complexity index is 3870. The maximum absolute atomic E-state index is 5.67. The lowest BCUT2D eigenvalue weighted by atomic mass is 9.95. The lowest BCUT2D eigenvalue weighted by Crippen LogP contribution is -2.07. The zero-order valence-corrected chi connectivity index (χ0v) is 38.2. The van der Waals surface area contributed by atoms with E-state index < -0.39 is 0 Å². The minimum absolute atomic E-state index is 0.591. The van der Waals surface area contributed by atoms with E-state index in [2.05, 4.69) is 232 Å². The van der Waals surface area contributed by atoms with Crippen LogP contribution in [0.25, 0.3) is 111 Å². The lowest BCUT2D eigenvalue weighted by molar-refractivity contribution is 1.06. The molecule has 0 N–H and O–H groups in total. The van der Waals surface area contributed by atoms with Crippen LogP contribution in [0.2, 0.25) is 0 Å². The summed E-state index contributed by atoms with van der Waals surface area (Å²) in [5.74, 6) is 1.79. The molecule has 0 radical (unpaired) electrons. The van der Waals surface area contributed by atoms with Crippen molar-refractivity contribution in [1.29, 1.82) is 0 Å². The highest BCUT2D eigenvalue weighted by Gasteiger charge is 2.26. The molecule has 0 aliphatic carbocycles. The molecule has 0 atom stereocenters. The van der Waals surface area contributed by atoms with Crippen molar-refractivity contribution in [2.45, 2.75) is 34.6 Å². The van der Waals surface area contributed by atoms with Gasteiger partial charge in [-0.2, -0.15) is 0 Å². The molecule has 0 unspecified atom stereocenters. The van der Waals surface area contributed by atoms with Crippen molar-refractivity contribution < 1.29 is 0 Å². The van der Waals surface area contributed by atoms with Crippen molar-refractivity contribution in [3.05, 3.63) is 222 Å². The number of benzene rings is 9. The molecular weight excluding hydrogens is 815 g/mol. The molecule has 67 heavy (non-hydrogen) atoms. The number of hydrogen-bond acceptors (Lipinski definition) is 3. The van der Waals surface area contributed by atoms with Gasteiger partial charge in [-0.1, -0.05) is 156 Å². The van der Waals surface area contributed by atoms with E-state index in [4.69, 9.17) is 15.0 Å². The fraction of sp³-hybridized carbons (Fsp3) is 0.0806. The first-order valence-corrected chi connectivity index (χ1v) is 23.0. The van der Waals surface area contributed by atoms with Gasteiger partial charge < -0.3 is 9.13 Å². The fourth-order valence-corrected chi connectivity index (χ4v) is 10.3. The van der Waals surface area contributed by atoms with E-state index in [0.29, 0.717) is 17.5 Å². The first-order valence-electron chi connectivity index (χ1n) is 23.0. The number of fused-ring (bicyclic) bond motifs is 6. The smallest absolute Gasteiger partial charge is 0.166 e. The predicted molar refractivity (Wildman–Crippen MR) is 279 cm³/mol. The number of aromatic nitrogens is 5. The molecule has 5 nitrogen and oxygen atoms in total. The fourth-order valence-electron chi connectivity index (χ4n) is 10.3. The second-order valence-corrected chi connectivity index (χ2v) is 18.0. The minimum atomic E-state index is 0.591. The van der Waals surface area contributed by atoms with E-state index in [0.717, 1.165) is 72.4 Å². The van der Waals surface area contributed by atoms with Gasteiger partial charge in [0, 0.05) is 49.4 Å². The molecule has 9 aromatic carbocycles. The van der Waals surface area contributed by atoms with Gasteiger partial charge in [0.15, 0.2) is 17.5 Å². The molecule has 3 aromatic heterocycles. The topological polar surface area (TPSA) is 48.5 Å². The van der Waals surface area contributed by atoms with Gasteiger partial charge in [-0.05, 0) is 111 Å². The number of hydrogen-bond donors (Lipinski definition) is 0. The minimum Gasteiger partial charge on any atom is -0.308 e. The zero-order chi connectivity index (χ0) is 45.3. The van der Waals surface area contributed by atoms with Crippen molar-refractivity contribution in [3.63, 3.8) is 0 Å². The Balaban J connectivity index is 1.22. The highest BCUT2D eigenvalue weighted by molar-refractivity contribution is 6.12. The Morgan fingerprint density at radius 3 is 1.15 bits per heavy atom. The molecule has 0 saturated heterocycles. The van der Waals surface area contributed by atoms with Crippen molar-refractivity contribution in [2.24, 2.45) is 0 Å². The van der Waals surface area contributed by atoms with Gasteiger partial charge in [0.25, 0.3) is 0 Å². The van der Waals surface area contributed by atoms with E-state index >= 15 is 0 Å². The third kappa shape index (κ3) is 6.65. The second-order valence-electron chi connectivity index (χ2n) is 18.0. The van der Waals surface area contributed by atoms with Gasteiger partial charge >= 0.3 is 0 Å². The van der Waals surface area contributed by atoms with E-state index in [1.165, 1.54) is 49.4 Å². The molecule has 0 aliphatic rings. The Labute approximate surface area is 390 Å². The molecular formula is C62H47N5. The second kappa shape index (κ2) is 15.9. The SMILES string of the molecule is Cc1ccc2c(c1)c1ccccc1n2-c1c(-c2nc(-c3ccccc3)nc(-c3cccc(-c4ccccc4C)c3-n3c4ccc(C)cc4c4cc(C)ccc43)n2)cccc1-c1ccccc1C. The van der Waals surface area contributed by atoms with Crippen LogP contribution in [-0.2, 0) is 0 Å². The molecule has 12 aromatic rings. The third-order valence-electron chi connectivity index (χ3n) is 13.4. The first kappa shape index (κ1) is 40.1. The Morgan fingerprint density at radius 2 is 0.657 bits per heavy atom. The molecule has 320 valence electrons. The molecule has 5 heteroatoms. The maximum Gasteiger partial charge on any atom is 0.166 e. The summed E-state index contributed by atoms with van der Waals surface area (Å²) in [4.78, 5) is 16.6. The summed E-state index contributed by atoms with van der Waals surface area (Å²) in [6.07, 6.45) is 0. The highest BCUT2D eigenvalue weighted by atomic mass is 15.1. The molecule has 0 fully saturated rings. The van der Waals surface area contributed by atoms with Crippen LogP contribution in [0.1, 0.15) is 27.8 Å². The van der Waals surface area contributed by atoms with Crippen LogP contribution in [0, 0.1) is 34.6 Å². The predicted octanol–water partition coefficient (Wildman–Crippen LogP) is 15.9. The Morgan fingerprint density at radius 1 is 0.284 bits per heavy atom. The highest BCUT2D eigenvalue weighted by Crippen LogP contribution is 2.45. The number of aryl methyl sites for hydroxylation is 5. The van der Waals surface area contributed by atoms with E-state index in [-0.39, 0.29) is 0 Å². The van der Waals surface area contributed by atoms with Gasteiger partial charge in [-0.3, -0.25) is 0 Å². The third-order valence-corrected chi connectivity index (χ3v) is 13.4. The Hall–Kier alpha value is -8.41. The van der Waals surface area contributed by atoms with Crippen LogP contribution in [0.3, 0.4) is 0 Å². The number of para-hydroxylation sites is 3. The van der Waals surface area contributed by atoms with Crippen molar-refractivity contribution in [2.75, 3.05) is 0 Å². The van der Waals surface area contributed by atoms with E-state index in [1.54, 1.807) is 0 Å². The standard InChI is InChI=1S/C62H47N5/c1-38-29-32-55-51(35-38)46-23-13-14-28-54(46)66(55)58-47(44-21-11-9-17-41(44)4)24-15-26-49(58)61-63-60(43-19-7-6-8-20-43)64-62(65-61)50-27-16-25-48(45-22-12-10-18-42(45)5)59(50)67-56-33-30-39(2)36-52(56)53-37-40(3)31-34-57(53)67/h6-37H,1-5H3. The zero-order valence-electron chi connectivity index (χ0n) is 38.2. The van der Waals surface area contributed by atoms with Crippen LogP contribution < -0.4 is 0 Å². The first-order chi connectivity index (χ1) is 32.8. The maximum atomic E-state index is 5.67. The van der Waals surface area contributed by atoms with Gasteiger partial charge in [-0.25, -0.2) is 15.0 Å². The summed E-state index contributed by atoms with van der Waals surface area (Å²) >= 11 is 0. The quantitative estimate of drug-likeness (QED) is 0.160. The molecule has 0 aliphatic heterocycles. The molecule has 3 heterocycles. The van der Waals surface area contributed by atoms with Gasteiger partial charge in [0.1, 0.15) is 0 Å². The van der Waals surface area contributed by atoms with Crippen LogP contribution in [0.4, 0.5) is 0 Å². The van der Waals surface area contributed by atoms with Crippen LogP contribution in [0.15, 0.2) is 194 Å². The normalized spacial score (nSPS) is 11.7. The van der Waals surface area contributed by atoms with E-state index in [9.17, 15) is 0 Å². The number of nitrogens with zero attached hydrogens (tertiary/aromatic N) is 5.